The van der Waals surface area contributed by atoms with Crippen molar-refractivity contribution in [1.29, 1.82) is 0 Å². The highest BCUT2D eigenvalue weighted by Crippen LogP contribution is 2.36. The molecular weight excluding hydrogens is 254 g/mol. The van der Waals surface area contributed by atoms with E-state index in [-0.39, 0.29) is 5.60 Å². The number of imidazole rings is 1. The Hall–Kier alpha value is -1.75. The van der Waals surface area contributed by atoms with Gasteiger partial charge >= 0.3 is 0 Å². The van der Waals surface area contributed by atoms with E-state index in [1.54, 1.807) is 7.11 Å². The molecule has 0 bridgehead atoms. The maximum Gasteiger partial charge on any atom is 0.201 e. The van der Waals surface area contributed by atoms with Gasteiger partial charge in [0.15, 0.2) is 0 Å². The van der Waals surface area contributed by atoms with Gasteiger partial charge in [-0.25, -0.2) is 4.98 Å². The highest BCUT2D eigenvalue weighted by molar-refractivity contribution is 5.80. The van der Waals surface area contributed by atoms with E-state index >= 15 is 0 Å². The minimum Gasteiger partial charge on any atom is -0.497 e. The minimum absolute atomic E-state index is 0.120. The Balaban J connectivity index is 2.07. The van der Waals surface area contributed by atoms with Crippen LogP contribution in [0.4, 0.5) is 5.95 Å². The molecule has 1 aromatic carbocycles. The number of rotatable bonds is 2. The molecule has 1 aromatic heterocycles. The number of methoxy groups -OCH3 is 1. The summed E-state index contributed by atoms with van der Waals surface area (Å²) in [5.74, 6) is 1.39. The van der Waals surface area contributed by atoms with E-state index in [2.05, 4.69) is 23.4 Å². The summed E-state index contributed by atoms with van der Waals surface area (Å²) in [6.07, 6.45) is 1.89. The molecule has 0 saturated carbocycles. The Morgan fingerprint density at radius 3 is 2.95 bits per heavy atom. The fourth-order valence-electron chi connectivity index (χ4n) is 3.02. The van der Waals surface area contributed by atoms with E-state index in [0.717, 1.165) is 36.2 Å². The molecule has 20 heavy (non-hydrogen) atoms. The van der Waals surface area contributed by atoms with Crippen molar-refractivity contribution in [2.75, 3.05) is 19.5 Å². The Bertz CT molecular complexity index is 633. The Kier molecular flexibility index (Phi) is 3.09. The summed E-state index contributed by atoms with van der Waals surface area (Å²) in [5, 5.41) is 0. The molecule has 2 heterocycles. The van der Waals surface area contributed by atoms with Gasteiger partial charge in [0.1, 0.15) is 5.75 Å². The van der Waals surface area contributed by atoms with Crippen molar-refractivity contribution in [2.45, 2.75) is 38.3 Å². The molecule has 1 aliphatic heterocycles. The summed E-state index contributed by atoms with van der Waals surface area (Å²) in [6.45, 7) is 4.99. The number of nitrogens with zero attached hydrogens (tertiary/aromatic N) is 2. The molecule has 108 valence electrons. The van der Waals surface area contributed by atoms with Gasteiger partial charge in [-0.3, -0.25) is 0 Å². The molecule has 0 radical (unpaired) electrons. The zero-order valence-electron chi connectivity index (χ0n) is 12.2. The first-order chi connectivity index (χ1) is 9.50. The molecule has 1 fully saturated rings. The smallest absolute Gasteiger partial charge is 0.201 e. The molecule has 2 N–H and O–H groups in total. The van der Waals surface area contributed by atoms with E-state index in [1.807, 2.05) is 18.2 Å². The highest BCUT2D eigenvalue weighted by Gasteiger charge is 2.31. The van der Waals surface area contributed by atoms with Gasteiger partial charge in [0.25, 0.3) is 0 Å². The fourth-order valence-corrected chi connectivity index (χ4v) is 3.02. The van der Waals surface area contributed by atoms with Crippen LogP contribution in [0.2, 0.25) is 0 Å². The molecule has 3 rings (SSSR count). The number of nitrogens with two attached hydrogens (primary N) is 1. The third-order valence-corrected chi connectivity index (χ3v) is 3.96. The SMILES string of the molecule is COc1ccc2nc(N)n(C3CCOC(C)(C)C3)c2c1. The number of nitrogen functional groups attached to an aromatic ring is 1. The van der Waals surface area contributed by atoms with Crippen molar-refractivity contribution in [3.05, 3.63) is 18.2 Å². The second kappa shape index (κ2) is 4.66. The normalized spacial score (nSPS) is 22.1. The van der Waals surface area contributed by atoms with Crippen LogP contribution in [0.1, 0.15) is 32.7 Å². The summed E-state index contributed by atoms with van der Waals surface area (Å²) in [5.41, 5.74) is 7.96. The van der Waals surface area contributed by atoms with Gasteiger partial charge in [-0.2, -0.15) is 0 Å². The van der Waals surface area contributed by atoms with E-state index in [0.29, 0.717) is 12.0 Å². The standard InChI is InChI=1S/C15H21N3O2/c1-15(2)9-10(6-7-20-15)18-13-8-11(19-3)4-5-12(13)17-14(18)16/h4-5,8,10H,6-7,9H2,1-3H3,(H2,16,17). The lowest BCUT2D eigenvalue weighted by Gasteiger charge is -2.36. The number of anilines is 1. The topological polar surface area (TPSA) is 62.3 Å². The molecule has 1 unspecified atom stereocenters. The third kappa shape index (κ3) is 2.22. The van der Waals surface area contributed by atoms with Gasteiger partial charge in [0.05, 0.1) is 23.7 Å². The third-order valence-electron chi connectivity index (χ3n) is 3.96. The van der Waals surface area contributed by atoms with Crippen LogP contribution in [0.25, 0.3) is 11.0 Å². The summed E-state index contributed by atoms with van der Waals surface area (Å²) in [4.78, 5) is 4.46. The predicted octanol–water partition coefficient (Wildman–Crippen LogP) is 2.76. The zero-order chi connectivity index (χ0) is 14.3. The van der Waals surface area contributed by atoms with Crippen LogP contribution in [0, 0.1) is 0 Å². The van der Waals surface area contributed by atoms with Gasteiger partial charge in [0.2, 0.25) is 5.95 Å². The van der Waals surface area contributed by atoms with Gasteiger partial charge in [-0.15, -0.1) is 0 Å². The van der Waals surface area contributed by atoms with Crippen LogP contribution in [-0.2, 0) is 4.74 Å². The Morgan fingerprint density at radius 2 is 2.25 bits per heavy atom. The van der Waals surface area contributed by atoms with Gasteiger partial charge in [-0.1, -0.05) is 0 Å². The molecule has 0 aliphatic carbocycles. The maximum atomic E-state index is 6.13. The van der Waals surface area contributed by atoms with E-state index in [1.165, 1.54) is 0 Å². The van der Waals surface area contributed by atoms with Crippen LogP contribution in [0.15, 0.2) is 18.2 Å². The monoisotopic (exact) mass is 275 g/mol. The predicted molar refractivity (Wildman–Crippen MR) is 79.0 cm³/mol. The Morgan fingerprint density at radius 1 is 1.45 bits per heavy atom. The quantitative estimate of drug-likeness (QED) is 0.915. The molecule has 1 aliphatic rings. The number of aromatic nitrogens is 2. The molecule has 1 atom stereocenters. The van der Waals surface area contributed by atoms with Gasteiger partial charge in [-0.05, 0) is 38.8 Å². The zero-order valence-corrected chi connectivity index (χ0v) is 12.2. The van der Waals surface area contributed by atoms with Crippen molar-refractivity contribution >= 4 is 17.0 Å². The molecule has 0 amide bonds. The largest absolute Gasteiger partial charge is 0.497 e. The van der Waals surface area contributed by atoms with Gasteiger partial charge < -0.3 is 19.8 Å². The van der Waals surface area contributed by atoms with Crippen molar-refractivity contribution < 1.29 is 9.47 Å². The van der Waals surface area contributed by atoms with Crippen LogP contribution >= 0.6 is 0 Å². The number of ether oxygens (including phenoxy) is 2. The second-order valence-corrected chi connectivity index (χ2v) is 5.95. The van der Waals surface area contributed by atoms with Gasteiger partial charge in [0, 0.05) is 18.7 Å². The highest BCUT2D eigenvalue weighted by atomic mass is 16.5. The molecular formula is C15H21N3O2. The lowest BCUT2D eigenvalue weighted by molar-refractivity contribution is -0.0682. The molecule has 5 heteroatoms. The Labute approximate surface area is 118 Å². The average molecular weight is 275 g/mol. The van der Waals surface area contributed by atoms with E-state index in [9.17, 15) is 0 Å². The van der Waals surface area contributed by atoms with Crippen molar-refractivity contribution in [3.8, 4) is 5.75 Å². The molecule has 1 saturated heterocycles. The minimum atomic E-state index is -0.120. The molecule has 2 aromatic rings. The summed E-state index contributed by atoms with van der Waals surface area (Å²) in [7, 11) is 1.67. The summed E-state index contributed by atoms with van der Waals surface area (Å²) >= 11 is 0. The summed E-state index contributed by atoms with van der Waals surface area (Å²) in [6, 6.07) is 6.18. The number of benzene rings is 1. The first-order valence-electron chi connectivity index (χ1n) is 6.95. The average Bonchev–Trinajstić information content (AvgIpc) is 2.72. The number of hydrogen-bond acceptors (Lipinski definition) is 4. The van der Waals surface area contributed by atoms with Crippen LogP contribution in [0.3, 0.4) is 0 Å². The van der Waals surface area contributed by atoms with Crippen LogP contribution < -0.4 is 10.5 Å². The number of fused-ring (bicyclic) bond motifs is 1. The molecule has 0 spiro atoms. The van der Waals surface area contributed by atoms with Crippen molar-refractivity contribution in [3.63, 3.8) is 0 Å². The fraction of sp³-hybridized carbons (Fsp3) is 0.533. The molecule has 5 nitrogen and oxygen atoms in total. The van der Waals surface area contributed by atoms with Crippen LogP contribution in [-0.4, -0.2) is 28.9 Å². The van der Waals surface area contributed by atoms with Crippen molar-refractivity contribution in [2.24, 2.45) is 0 Å². The second-order valence-electron chi connectivity index (χ2n) is 5.95. The van der Waals surface area contributed by atoms with Crippen LogP contribution in [0.5, 0.6) is 5.75 Å². The number of hydrogen-bond donors (Lipinski definition) is 1. The lowest BCUT2D eigenvalue weighted by Crippen LogP contribution is -2.35. The summed E-state index contributed by atoms with van der Waals surface area (Å²) < 4.78 is 13.2. The maximum absolute atomic E-state index is 6.13. The lowest BCUT2D eigenvalue weighted by atomic mass is 9.93. The van der Waals surface area contributed by atoms with Crippen molar-refractivity contribution in [1.82, 2.24) is 9.55 Å². The first-order valence-corrected chi connectivity index (χ1v) is 6.95. The van der Waals surface area contributed by atoms with E-state index < -0.39 is 0 Å². The van der Waals surface area contributed by atoms with E-state index in [4.69, 9.17) is 15.2 Å². The first kappa shape index (κ1) is 13.2.